The van der Waals surface area contributed by atoms with Crippen LogP contribution in [-0.4, -0.2) is 57.7 Å². The number of carboxylic acid groups (broad SMARTS) is 1. The van der Waals surface area contributed by atoms with Crippen LogP contribution in [0.2, 0.25) is 5.02 Å². The van der Waals surface area contributed by atoms with Crippen molar-refractivity contribution in [2.75, 3.05) is 31.1 Å². The fourth-order valence-corrected chi connectivity index (χ4v) is 4.66. The lowest BCUT2D eigenvalue weighted by Gasteiger charge is -2.37. The molecule has 1 fully saturated rings. The van der Waals surface area contributed by atoms with Crippen molar-refractivity contribution in [3.8, 4) is 0 Å². The van der Waals surface area contributed by atoms with Gasteiger partial charge in [0.1, 0.15) is 11.4 Å². The number of anilines is 1. The first-order chi connectivity index (χ1) is 17.2. The van der Waals surface area contributed by atoms with Crippen LogP contribution < -0.4 is 15.6 Å². The average molecular weight is 531 g/mol. The van der Waals surface area contributed by atoms with E-state index in [0.29, 0.717) is 54.1 Å². The summed E-state index contributed by atoms with van der Waals surface area (Å²) >= 11 is 11.3. The number of carboxylic acids is 1. The highest BCUT2D eigenvalue weighted by Gasteiger charge is 2.24. The third-order valence-corrected chi connectivity index (χ3v) is 6.76. The predicted octanol–water partition coefficient (Wildman–Crippen LogP) is 3.28. The summed E-state index contributed by atoms with van der Waals surface area (Å²) < 4.78 is 16.7. The van der Waals surface area contributed by atoms with E-state index in [1.165, 1.54) is 6.20 Å². The molecule has 1 aliphatic heterocycles. The molecule has 2 aromatic carbocycles. The number of rotatable bonds is 5. The third-order valence-electron chi connectivity index (χ3n) is 6.15. The zero-order valence-corrected chi connectivity index (χ0v) is 21.0. The van der Waals surface area contributed by atoms with Crippen LogP contribution in [0, 0.1) is 5.82 Å². The zero-order chi connectivity index (χ0) is 26.0. The van der Waals surface area contributed by atoms with E-state index in [2.05, 4.69) is 5.32 Å². The molecule has 4 rings (SSSR count). The summed E-state index contributed by atoms with van der Waals surface area (Å²) in [5.41, 5.74) is 0.507. The summed E-state index contributed by atoms with van der Waals surface area (Å²) in [4.78, 5) is 40.1. The number of hydrogen-bond donors (Lipinski definition) is 2. The Kier molecular flexibility index (Phi) is 7.56. The summed E-state index contributed by atoms with van der Waals surface area (Å²) in [5.74, 6) is -2.18. The lowest BCUT2D eigenvalue weighted by Crippen LogP contribution is -2.53. The maximum atomic E-state index is 15.1. The number of aromatic carboxylic acids is 1. The molecule has 0 spiro atoms. The topological polar surface area (TPSA) is 94.9 Å². The molecule has 1 saturated heterocycles. The first-order valence-electron chi connectivity index (χ1n) is 11.4. The molecule has 0 unspecified atom stereocenters. The van der Waals surface area contributed by atoms with Gasteiger partial charge in [-0.05, 0) is 49.0 Å². The standard InChI is InChI=1S/C25H24ClFN4O4S/c1-2-29-14-18(24(34)35)23(33)17-12-19(27)21(13-20(17)29)30-7-9-31(10-8-30)25(36)28-22(32)11-15-3-5-16(26)6-4-15/h3-6,12-14H,2,7-11H2,1H3,(H,34,35)(H,28,32,36). The van der Waals surface area contributed by atoms with Gasteiger partial charge in [-0.2, -0.15) is 0 Å². The van der Waals surface area contributed by atoms with E-state index in [1.807, 2.05) is 16.7 Å². The number of halogens is 2. The number of carbonyl (C=O) groups excluding carboxylic acids is 1. The molecule has 8 nitrogen and oxygen atoms in total. The van der Waals surface area contributed by atoms with Crippen LogP contribution >= 0.6 is 23.8 Å². The number of benzene rings is 2. The largest absolute Gasteiger partial charge is 0.477 e. The Morgan fingerprint density at radius 1 is 1.14 bits per heavy atom. The van der Waals surface area contributed by atoms with Gasteiger partial charge < -0.3 is 24.8 Å². The van der Waals surface area contributed by atoms with Crippen LogP contribution in [0.25, 0.3) is 10.9 Å². The third kappa shape index (κ3) is 5.34. The molecule has 1 aliphatic rings. The van der Waals surface area contributed by atoms with Gasteiger partial charge in [-0.15, -0.1) is 0 Å². The number of piperazine rings is 1. The van der Waals surface area contributed by atoms with Crippen molar-refractivity contribution in [1.82, 2.24) is 14.8 Å². The Hall–Kier alpha value is -3.50. The molecule has 1 amide bonds. The number of nitrogens with zero attached hydrogens (tertiary/aromatic N) is 3. The van der Waals surface area contributed by atoms with Crippen LogP contribution in [0.1, 0.15) is 22.8 Å². The summed E-state index contributed by atoms with van der Waals surface area (Å²) in [5, 5.41) is 13.0. The molecule has 0 radical (unpaired) electrons. The molecule has 0 bridgehead atoms. The van der Waals surface area contributed by atoms with Crippen molar-refractivity contribution in [2.45, 2.75) is 19.9 Å². The van der Waals surface area contributed by atoms with Gasteiger partial charge in [0.2, 0.25) is 11.3 Å². The molecule has 0 aliphatic carbocycles. The van der Waals surface area contributed by atoms with Gasteiger partial charge in [0, 0.05) is 49.3 Å². The zero-order valence-electron chi connectivity index (χ0n) is 19.5. The number of pyridine rings is 1. The van der Waals surface area contributed by atoms with Crippen molar-refractivity contribution in [3.05, 3.63) is 74.8 Å². The van der Waals surface area contributed by atoms with E-state index in [-0.39, 0.29) is 17.7 Å². The summed E-state index contributed by atoms with van der Waals surface area (Å²) in [6.07, 6.45) is 1.46. The summed E-state index contributed by atoms with van der Waals surface area (Å²) in [6.45, 7) is 4.06. The molecule has 2 heterocycles. The van der Waals surface area contributed by atoms with Crippen molar-refractivity contribution in [3.63, 3.8) is 0 Å². The van der Waals surface area contributed by atoms with Gasteiger partial charge in [0.25, 0.3) is 0 Å². The van der Waals surface area contributed by atoms with Gasteiger partial charge in [0.05, 0.1) is 17.6 Å². The van der Waals surface area contributed by atoms with Crippen molar-refractivity contribution in [1.29, 1.82) is 0 Å². The van der Waals surface area contributed by atoms with E-state index >= 15 is 4.39 Å². The Morgan fingerprint density at radius 2 is 1.81 bits per heavy atom. The van der Waals surface area contributed by atoms with Gasteiger partial charge >= 0.3 is 5.97 Å². The average Bonchev–Trinajstić information content (AvgIpc) is 2.85. The minimum absolute atomic E-state index is 0.0289. The maximum Gasteiger partial charge on any atom is 0.341 e. The minimum atomic E-state index is -1.35. The number of hydrogen-bond acceptors (Lipinski definition) is 5. The van der Waals surface area contributed by atoms with Crippen LogP contribution in [0.15, 0.2) is 47.4 Å². The lowest BCUT2D eigenvalue weighted by atomic mass is 10.1. The van der Waals surface area contributed by atoms with Crippen molar-refractivity contribution >= 4 is 57.4 Å². The Labute approximate surface area is 216 Å². The number of carbonyl (C=O) groups is 2. The van der Waals surface area contributed by atoms with Crippen molar-refractivity contribution in [2.24, 2.45) is 0 Å². The van der Waals surface area contributed by atoms with Crippen LogP contribution in [-0.2, 0) is 17.8 Å². The summed E-state index contributed by atoms with van der Waals surface area (Å²) in [6, 6.07) is 9.70. The van der Waals surface area contributed by atoms with Crippen LogP contribution in [0.3, 0.4) is 0 Å². The molecule has 2 N–H and O–H groups in total. The molecule has 0 atom stereocenters. The van der Waals surface area contributed by atoms with E-state index < -0.39 is 22.8 Å². The van der Waals surface area contributed by atoms with E-state index in [0.717, 1.165) is 11.6 Å². The smallest absolute Gasteiger partial charge is 0.341 e. The molecular formula is C25H24ClFN4O4S. The second kappa shape index (κ2) is 10.6. The van der Waals surface area contributed by atoms with Gasteiger partial charge in [-0.1, -0.05) is 23.7 Å². The Bertz CT molecular complexity index is 1400. The molecule has 36 heavy (non-hydrogen) atoms. The highest BCUT2D eigenvalue weighted by Crippen LogP contribution is 2.26. The van der Waals surface area contributed by atoms with Crippen LogP contribution in [0.5, 0.6) is 0 Å². The van der Waals surface area contributed by atoms with Crippen molar-refractivity contribution < 1.29 is 19.1 Å². The molecular weight excluding hydrogens is 507 g/mol. The lowest BCUT2D eigenvalue weighted by molar-refractivity contribution is -0.119. The van der Waals surface area contributed by atoms with E-state index in [4.69, 9.17) is 23.8 Å². The maximum absolute atomic E-state index is 15.1. The van der Waals surface area contributed by atoms with Crippen LogP contribution in [0.4, 0.5) is 10.1 Å². The quantitative estimate of drug-likeness (QED) is 0.489. The summed E-state index contributed by atoms with van der Waals surface area (Å²) in [7, 11) is 0. The fraction of sp³-hybridized carbons (Fsp3) is 0.280. The highest BCUT2D eigenvalue weighted by molar-refractivity contribution is 7.80. The highest BCUT2D eigenvalue weighted by atomic mass is 35.5. The number of aromatic nitrogens is 1. The molecule has 1 aromatic heterocycles. The fourth-order valence-electron chi connectivity index (χ4n) is 4.24. The number of nitrogens with one attached hydrogen (secondary N) is 1. The Balaban J connectivity index is 1.45. The van der Waals surface area contributed by atoms with Gasteiger partial charge in [-0.3, -0.25) is 9.59 Å². The molecule has 3 aromatic rings. The first kappa shape index (κ1) is 25.6. The first-order valence-corrected chi connectivity index (χ1v) is 12.1. The van der Waals surface area contributed by atoms with Gasteiger partial charge in [0.15, 0.2) is 5.11 Å². The Morgan fingerprint density at radius 3 is 2.42 bits per heavy atom. The molecule has 11 heteroatoms. The van der Waals surface area contributed by atoms with E-state index in [1.54, 1.807) is 34.9 Å². The van der Waals surface area contributed by atoms with Gasteiger partial charge in [-0.25, -0.2) is 9.18 Å². The molecule has 188 valence electrons. The number of amides is 1. The van der Waals surface area contributed by atoms with E-state index in [9.17, 15) is 19.5 Å². The monoisotopic (exact) mass is 530 g/mol. The SMILES string of the molecule is CCn1cc(C(=O)O)c(=O)c2cc(F)c(N3CCN(C(=S)NC(=O)Cc4ccc(Cl)cc4)CC3)cc21. The number of fused-ring (bicyclic) bond motifs is 1. The molecule has 0 saturated carbocycles. The normalized spacial score (nSPS) is 13.6. The second-order valence-corrected chi connectivity index (χ2v) is 9.24. The predicted molar refractivity (Wildman–Crippen MR) is 140 cm³/mol. The minimum Gasteiger partial charge on any atom is -0.477 e. The second-order valence-electron chi connectivity index (χ2n) is 8.41. The number of thiocarbonyl (C=S) groups is 1. The number of aryl methyl sites for hydroxylation is 1.